The van der Waals surface area contributed by atoms with E-state index in [2.05, 4.69) is 49.8 Å². The summed E-state index contributed by atoms with van der Waals surface area (Å²) in [7, 11) is 0. The van der Waals surface area contributed by atoms with Crippen molar-refractivity contribution in [3.8, 4) is 0 Å². The fraction of sp³-hybridized carbons (Fsp3) is 0.476. The van der Waals surface area contributed by atoms with E-state index in [4.69, 9.17) is 0 Å². The number of hydrogen-bond acceptors (Lipinski definition) is 3. The number of aliphatic imine (C=N–C) groups is 1. The molecule has 1 heterocycles. The van der Waals surface area contributed by atoms with E-state index in [-0.39, 0.29) is 0 Å². The number of carbonyl (C=O) groups excluding carboxylic acids is 1. The number of aromatic nitrogens is 1. The van der Waals surface area contributed by atoms with Crippen molar-refractivity contribution in [2.45, 2.75) is 60.4 Å². The van der Waals surface area contributed by atoms with Crippen LogP contribution in [0.2, 0.25) is 0 Å². The number of aldehydes is 1. The van der Waals surface area contributed by atoms with Crippen molar-refractivity contribution in [2.24, 2.45) is 10.9 Å². The van der Waals surface area contributed by atoms with Crippen molar-refractivity contribution in [3.05, 3.63) is 46.3 Å². The van der Waals surface area contributed by atoms with Gasteiger partial charge in [0.25, 0.3) is 0 Å². The smallest absolute Gasteiger partial charge is 0.151 e. The van der Waals surface area contributed by atoms with Crippen molar-refractivity contribution in [3.63, 3.8) is 0 Å². The Hall–Kier alpha value is -2.03. The highest BCUT2D eigenvalue weighted by molar-refractivity contribution is 5.88. The topological polar surface area (TPSA) is 42.3 Å². The van der Waals surface area contributed by atoms with Gasteiger partial charge < -0.3 is 0 Å². The zero-order valence-electron chi connectivity index (χ0n) is 15.8. The van der Waals surface area contributed by atoms with Gasteiger partial charge in [0.05, 0.1) is 0 Å². The first-order chi connectivity index (χ1) is 11.5. The minimum atomic E-state index is 0.319. The van der Waals surface area contributed by atoms with Crippen LogP contribution in [-0.2, 0) is 0 Å². The summed E-state index contributed by atoms with van der Waals surface area (Å²) in [6, 6.07) is 2.22. The summed E-state index contributed by atoms with van der Waals surface area (Å²) in [4.78, 5) is 20.0. The second-order valence-corrected chi connectivity index (χ2v) is 6.25. The maximum absolute atomic E-state index is 11.1. The molecule has 0 bridgehead atoms. The average molecular weight is 326 g/mol. The number of aryl methyl sites for hydroxylation is 1. The second-order valence-electron chi connectivity index (χ2n) is 6.25. The summed E-state index contributed by atoms with van der Waals surface area (Å²) in [6.07, 6.45) is 10.8. The lowest BCUT2D eigenvalue weighted by Crippen LogP contribution is -2.05. The minimum absolute atomic E-state index is 0.319. The number of carbonyl (C=O) groups is 1. The Kier molecular flexibility index (Phi) is 8.31. The minimum Gasteiger partial charge on any atom is -0.298 e. The highest BCUT2D eigenvalue weighted by Gasteiger charge is 2.12. The number of rotatable bonds is 8. The normalized spacial score (nSPS) is 15.6. The monoisotopic (exact) mass is 326 g/mol. The lowest BCUT2D eigenvalue weighted by molar-refractivity contribution is 0.112. The lowest BCUT2D eigenvalue weighted by Gasteiger charge is -2.16. The third kappa shape index (κ3) is 5.55. The van der Waals surface area contributed by atoms with Gasteiger partial charge in [0.15, 0.2) is 6.29 Å². The first-order valence-electron chi connectivity index (χ1n) is 8.79. The fourth-order valence-electron chi connectivity index (χ4n) is 2.30. The zero-order valence-corrected chi connectivity index (χ0v) is 15.8. The Bertz CT molecular complexity index is 641. The van der Waals surface area contributed by atoms with Crippen molar-refractivity contribution >= 4 is 18.6 Å². The maximum Gasteiger partial charge on any atom is 0.151 e. The molecule has 0 aromatic carbocycles. The molecule has 0 aliphatic heterocycles. The van der Waals surface area contributed by atoms with Gasteiger partial charge in [-0.25, -0.2) is 0 Å². The molecule has 1 aromatic heterocycles. The SMILES string of the molecule is C/C=C(C=NC(C)CC)/C(=C/c1cc(C=O)cnc1C)C(C)CC. The molecule has 0 aliphatic carbocycles. The maximum atomic E-state index is 11.1. The van der Waals surface area contributed by atoms with E-state index in [0.29, 0.717) is 17.5 Å². The Morgan fingerprint density at radius 2 is 2.00 bits per heavy atom. The molecule has 24 heavy (non-hydrogen) atoms. The van der Waals surface area contributed by atoms with Gasteiger partial charge in [-0.2, -0.15) is 0 Å². The molecule has 0 amide bonds. The molecule has 1 aromatic rings. The van der Waals surface area contributed by atoms with E-state index in [1.54, 1.807) is 6.20 Å². The molecular weight excluding hydrogens is 296 g/mol. The zero-order chi connectivity index (χ0) is 18.1. The van der Waals surface area contributed by atoms with Crippen LogP contribution in [0.3, 0.4) is 0 Å². The van der Waals surface area contributed by atoms with Gasteiger partial charge in [-0.1, -0.05) is 26.8 Å². The Morgan fingerprint density at radius 3 is 2.54 bits per heavy atom. The van der Waals surface area contributed by atoms with E-state index in [0.717, 1.165) is 36.0 Å². The van der Waals surface area contributed by atoms with Crippen LogP contribution in [0.15, 0.2) is 34.5 Å². The second kappa shape index (κ2) is 9.96. The van der Waals surface area contributed by atoms with Crippen molar-refractivity contribution in [1.82, 2.24) is 4.98 Å². The number of nitrogens with zero attached hydrogens (tertiary/aromatic N) is 2. The predicted octanol–water partition coefficient (Wildman–Crippen LogP) is 5.45. The Morgan fingerprint density at radius 1 is 1.29 bits per heavy atom. The third-order valence-electron chi connectivity index (χ3n) is 4.44. The summed E-state index contributed by atoms with van der Waals surface area (Å²) in [5, 5.41) is 0. The molecule has 0 radical (unpaired) electrons. The summed E-state index contributed by atoms with van der Waals surface area (Å²) < 4.78 is 0. The van der Waals surface area contributed by atoms with E-state index in [1.807, 2.05) is 26.1 Å². The van der Waals surface area contributed by atoms with E-state index in [1.165, 1.54) is 5.57 Å². The van der Waals surface area contributed by atoms with Crippen LogP contribution in [0, 0.1) is 12.8 Å². The molecule has 0 fully saturated rings. The van der Waals surface area contributed by atoms with E-state index < -0.39 is 0 Å². The highest BCUT2D eigenvalue weighted by Crippen LogP contribution is 2.25. The molecule has 0 spiro atoms. The van der Waals surface area contributed by atoms with Gasteiger partial charge in [0.1, 0.15) is 0 Å². The van der Waals surface area contributed by atoms with Crippen LogP contribution >= 0.6 is 0 Å². The van der Waals surface area contributed by atoms with Crippen molar-refractivity contribution in [2.75, 3.05) is 0 Å². The molecule has 0 aliphatic rings. The molecular formula is C21H30N2O. The fourth-order valence-corrected chi connectivity index (χ4v) is 2.30. The Balaban J connectivity index is 3.35. The molecule has 0 saturated heterocycles. The van der Waals surface area contributed by atoms with Gasteiger partial charge in [0, 0.05) is 29.7 Å². The summed E-state index contributed by atoms with van der Waals surface area (Å²) in [6.45, 7) is 12.7. The molecule has 0 N–H and O–H groups in total. The third-order valence-corrected chi connectivity index (χ3v) is 4.44. The Labute approximate surface area is 146 Å². The van der Waals surface area contributed by atoms with Gasteiger partial charge in [-0.15, -0.1) is 0 Å². The van der Waals surface area contributed by atoms with Crippen LogP contribution in [0.4, 0.5) is 0 Å². The van der Waals surface area contributed by atoms with Gasteiger partial charge in [-0.05, 0) is 68.4 Å². The largest absolute Gasteiger partial charge is 0.298 e. The number of allylic oxidation sites excluding steroid dienone is 3. The van der Waals surface area contributed by atoms with E-state index in [9.17, 15) is 4.79 Å². The van der Waals surface area contributed by atoms with Crippen LogP contribution < -0.4 is 0 Å². The molecule has 3 nitrogen and oxygen atoms in total. The average Bonchev–Trinajstić information content (AvgIpc) is 2.61. The summed E-state index contributed by atoms with van der Waals surface area (Å²) in [5.41, 5.74) is 4.90. The van der Waals surface area contributed by atoms with Crippen molar-refractivity contribution in [1.29, 1.82) is 0 Å². The standard InChI is InChI=1S/C21H30N2O/c1-7-15(4)21(19(9-3)13-22-16(5)8-2)11-20-10-18(14-24)12-23-17(20)6/h9-16H,7-8H2,1-6H3/b19-9+,21-11+,22-13?. The predicted molar refractivity (Wildman–Crippen MR) is 104 cm³/mol. The van der Waals surface area contributed by atoms with Crippen LogP contribution in [0.25, 0.3) is 6.08 Å². The number of hydrogen-bond donors (Lipinski definition) is 0. The molecule has 3 heteroatoms. The summed E-state index contributed by atoms with van der Waals surface area (Å²) >= 11 is 0. The lowest BCUT2D eigenvalue weighted by atomic mass is 9.90. The molecule has 2 atom stereocenters. The van der Waals surface area contributed by atoms with Gasteiger partial charge in [0.2, 0.25) is 0 Å². The first-order valence-corrected chi connectivity index (χ1v) is 8.79. The van der Waals surface area contributed by atoms with Crippen molar-refractivity contribution < 1.29 is 4.79 Å². The first kappa shape index (κ1) is 20.0. The summed E-state index contributed by atoms with van der Waals surface area (Å²) in [5.74, 6) is 0.402. The van der Waals surface area contributed by atoms with E-state index >= 15 is 0 Å². The van der Waals surface area contributed by atoms with Gasteiger partial charge >= 0.3 is 0 Å². The van der Waals surface area contributed by atoms with Crippen LogP contribution in [0.1, 0.15) is 69.1 Å². The quantitative estimate of drug-likeness (QED) is 0.362. The van der Waals surface area contributed by atoms with Gasteiger partial charge in [-0.3, -0.25) is 14.8 Å². The van der Waals surface area contributed by atoms with Crippen LogP contribution in [0.5, 0.6) is 0 Å². The molecule has 130 valence electrons. The molecule has 1 rings (SSSR count). The number of pyridine rings is 1. The highest BCUT2D eigenvalue weighted by atomic mass is 16.1. The molecule has 0 saturated carbocycles. The van der Waals surface area contributed by atoms with Crippen LogP contribution in [-0.4, -0.2) is 23.5 Å². The molecule has 2 unspecified atom stereocenters.